The minimum absolute atomic E-state index is 0.00458. The number of hydrogen-bond acceptors (Lipinski definition) is 2. The SMILES string of the molecule is COCOc1c(-c2cc(C)ccc2Br)cccc1C(C)(C)C. The molecular weight excluding hydrogens is 340 g/mol. The monoisotopic (exact) mass is 362 g/mol. The summed E-state index contributed by atoms with van der Waals surface area (Å²) in [7, 11) is 1.64. The minimum atomic E-state index is -0.00458. The predicted octanol–water partition coefficient (Wildman–Crippen LogP) is 5.70. The molecule has 0 N–H and O–H groups in total. The Kier molecular flexibility index (Phi) is 5.30. The fourth-order valence-electron chi connectivity index (χ4n) is 2.46. The Bertz CT molecular complexity index is 657. The van der Waals surface area contributed by atoms with Crippen LogP contribution in [0.4, 0.5) is 0 Å². The topological polar surface area (TPSA) is 18.5 Å². The zero-order chi connectivity index (χ0) is 16.3. The lowest BCUT2D eigenvalue weighted by Gasteiger charge is -2.25. The molecule has 3 heteroatoms. The summed E-state index contributed by atoms with van der Waals surface area (Å²) < 4.78 is 12.1. The quantitative estimate of drug-likeness (QED) is 0.649. The van der Waals surface area contributed by atoms with Gasteiger partial charge in [-0.3, -0.25) is 0 Å². The Morgan fingerprint density at radius 2 is 1.77 bits per heavy atom. The summed E-state index contributed by atoms with van der Waals surface area (Å²) in [5, 5.41) is 0. The molecule has 2 rings (SSSR count). The van der Waals surface area contributed by atoms with Crippen LogP contribution < -0.4 is 4.74 Å². The average molecular weight is 363 g/mol. The molecule has 0 heterocycles. The van der Waals surface area contributed by atoms with Crippen LogP contribution in [0.1, 0.15) is 31.9 Å². The van der Waals surface area contributed by atoms with Crippen LogP contribution in [0.3, 0.4) is 0 Å². The third-order valence-corrected chi connectivity index (χ3v) is 4.25. The van der Waals surface area contributed by atoms with Gasteiger partial charge in [-0.05, 0) is 24.0 Å². The number of benzene rings is 2. The van der Waals surface area contributed by atoms with E-state index in [0.29, 0.717) is 0 Å². The van der Waals surface area contributed by atoms with Crippen LogP contribution in [0, 0.1) is 6.92 Å². The fourth-order valence-corrected chi connectivity index (χ4v) is 2.92. The first-order chi connectivity index (χ1) is 10.3. The van der Waals surface area contributed by atoms with E-state index in [-0.39, 0.29) is 12.2 Å². The molecule has 118 valence electrons. The first-order valence-corrected chi connectivity index (χ1v) is 8.15. The molecule has 0 radical (unpaired) electrons. The second-order valence-corrected chi connectivity index (χ2v) is 7.32. The Hall–Kier alpha value is -1.32. The van der Waals surface area contributed by atoms with E-state index >= 15 is 0 Å². The summed E-state index contributed by atoms with van der Waals surface area (Å²) in [6.07, 6.45) is 0. The van der Waals surface area contributed by atoms with Gasteiger partial charge in [-0.1, -0.05) is 72.6 Å². The van der Waals surface area contributed by atoms with Crippen LogP contribution in [-0.2, 0) is 10.2 Å². The summed E-state index contributed by atoms with van der Waals surface area (Å²) >= 11 is 3.66. The lowest BCUT2D eigenvalue weighted by Crippen LogP contribution is -2.15. The van der Waals surface area contributed by atoms with Crippen LogP contribution >= 0.6 is 15.9 Å². The van der Waals surface area contributed by atoms with E-state index in [1.54, 1.807) is 7.11 Å². The zero-order valence-electron chi connectivity index (χ0n) is 13.9. The van der Waals surface area contributed by atoms with E-state index < -0.39 is 0 Å². The molecule has 0 saturated heterocycles. The molecule has 0 aliphatic rings. The molecular formula is C19H23BrO2. The van der Waals surface area contributed by atoms with E-state index in [2.05, 4.69) is 80.0 Å². The van der Waals surface area contributed by atoms with Gasteiger partial charge in [-0.15, -0.1) is 0 Å². The molecule has 0 bridgehead atoms. The number of halogens is 1. The summed E-state index contributed by atoms with van der Waals surface area (Å²) in [6.45, 7) is 8.91. The lowest BCUT2D eigenvalue weighted by atomic mass is 9.84. The number of rotatable bonds is 4. The highest BCUT2D eigenvalue weighted by atomic mass is 79.9. The zero-order valence-corrected chi connectivity index (χ0v) is 15.5. The first kappa shape index (κ1) is 17.0. The molecule has 0 aliphatic heterocycles. The van der Waals surface area contributed by atoms with Gasteiger partial charge in [0.05, 0.1) is 0 Å². The molecule has 0 saturated carbocycles. The number of hydrogen-bond donors (Lipinski definition) is 0. The molecule has 0 aliphatic carbocycles. The van der Waals surface area contributed by atoms with E-state index in [1.807, 2.05) is 0 Å². The fraction of sp³-hybridized carbons (Fsp3) is 0.368. The Morgan fingerprint density at radius 3 is 2.41 bits per heavy atom. The molecule has 2 nitrogen and oxygen atoms in total. The third kappa shape index (κ3) is 3.71. The van der Waals surface area contributed by atoms with Crippen molar-refractivity contribution in [3.8, 4) is 16.9 Å². The van der Waals surface area contributed by atoms with E-state index in [4.69, 9.17) is 9.47 Å². The number of ether oxygens (including phenoxy) is 2. The molecule has 0 atom stereocenters. The van der Waals surface area contributed by atoms with Crippen molar-refractivity contribution in [2.75, 3.05) is 13.9 Å². The molecule has 0 unspecified atom stereocenters. The number of para-hydroxylation sites is 1. The largest absolute Gasteiger partial charge is 0.467 e. The number of aryl methyl sites for hydroxylation is 1. The van der Waals surface area contributed by atoms with Gasteiger partial charge in [0.25, 0.3) is 0 Å². The molecule has 2 aromatic rings. The van der Waals surface area contributed by atoms with Gasteiger partial charge >= 0.3 is 0 Å². The lowest BCUT2D eigenvalue weighted by molar-refractivity contribution is 0.0502. The van der Waals surface area contributed by atoms with Gasteiger partial charge in [0.2, 0.25) is 0 Å². The van der Waals surface area contributed by atoms with Gasteiger partial charge in [0.1, 0.15) is 5.75 Å². The Balaban J connectivity index is 2.67. The standard InChI is InChI=1S/C19H23BrO2/c1-13-9-10-17(20)15(11-13)14-7-6-8-16(19(2,3)4)18(14)22-12-21-5/h6-11H,12H2,1-5H3. The van der Waals surface area contributed by atoms with Crippen LogP contribution in [-0.4, -0.2) is 13.9 Å². The van der Waals surface area contributed by atoms with E-state index in [9.17, 15) is 0 Å². The van der Waals surface area contributed by atoms with Crippen LogP contribution in [0.25, 0.3) is 11.1 Å². The van der Waals surface area contributed by atoms with Gasteiger partial charge in [-0.25, -0.2) is 0 Å². The maximum atomic E-state index is 5.95. The van der Waals surface area contributed by atoms with Crippen LogP contribution in [0.2, 0.25) is 0 Å². The minimum Gasteiger partial charge on any atom is -0.467 e. The van der Waals surface area contributed by atoms with Crippen molar-refractivity contribution in [1.82, 2.24) is 0 Å². The highest BCUT2D eigenvalue weighted by Crippen LogP contribution is 2.41. The van der Waals surface area contributed by atoms with Crippen molar-refractivity contribution in [1.29, 1.82) is 0 Å². The van der Waals surface area contributed by atoms with Crippen molar-refractivity contribution >= 4 is 15.9 Å². The van der Waals surface area contributed by atoms with Crippen molar-refractivity contribution in [2.24, 2.45) is 0 Å². The maximum absolute atomic E-state index is 5.95. The van der Waals surface area contributed by atoms with E-state index in [1.165, 1.54) is 11.1 Å². The Labute approximate surface area is 141 Å². The van der Waals surface area contributed by atoms with Gasteiger partial charge in [-0.2, -0.15) is 0 Å². The molecule has 0 spiro atoms. The molecule has 0 fully saturated rings. The van der Waals surface area contributed by atoms with Crippen molar-refractivity contribution in [2.45, 2.75) is 33.1 Å². The molecule has 0 aromatic heterocycles. The van der Waals surface area contributed by atoms with Gasteiger partial charge in [0, 0.05) is 22.7 Å². The Morgan fingerprint density at radius 1 is 1.05 bits per heavy atom. The normalized spacial score (nSPS) is 11.5. The van der Waals surface area contributed by atoms with Crippen molar-refractivity contribution in [3.63, 3.8) is 0 Å². The molecule has 0 amide bonds. The molecule has 22 heavy (non-hydrogen) atoms. The smallest absolute Gasteiger partial charge is 0.188 e. The second kappa shape index (κ2) is 6.84. The first-order valence-electron chi connectivity index (χ1n) is 7.36. The highest BCUT2D eigenvalue weighted by molar-refractivity contribution is 9.10. The van der Waals surface area contributed by atoms with Crippen LogP contribution in [0.5, 0.6) is 5.75 Å². The summed E-state index contributed by atoms with van der Waals surface area (Å²) in [5.74, 6) is 0.892. The maximum Gasteiger partial charge on any atom is 0.188 e. The summed E-state index contributed by atoms with van der Waals surface area (Å²) in [5.41, 5.74) is 4.61. The van der Waals surface area contributed by atoms with Gasteiger partial charge < -0.3 is 9.47 Å². The highest BCUT2D eigenvalue weighted by Gasteiger charge is 2.22. The second-order valence-electron chi connectivity index (χ2n) is 6.47. The van der Waals surface area contributed by atoms with Gasteiger partial charge in [0.15, 0.2) is 6.79 Å². The number of methoxy groups -OCH3 is 1. The predicted molar refractivity (Wildman–Crippen MR) is 95.5 cm³/mol. The summed E-state index contributed by atoms with van der Waals surface area (Å²) in [6, 6.07) is 12.7. The van der Waals surface area contributed by atoms with Crippen LogP contribution in [0.15, 0.2) is 40.9 Å². The van der Waals surface area contributed by atoms with Crippen molar-refractivity contribution < 1.29 is 9.47 Å². The molecule has 2 aromatic carbocycles. The summed E-state index contributed by atoms with van der Waals surface area (Å²) in [4.78, 5) is 0. The van der Waals surface area contributed by atoms with Crippen molar-refractivity contribution in [3.05, 3.63) is 52.0 Å². The third-order valence-electron chi connectivity index (χ3n) is 3.56. The van der Waals surface area contributed by atoms with E-state index in [0.717, 1.165) is 21.3 Å². The average Bonchev–Trinajstić information content (AvgIpc) is 2.46.